The zero-order valence-electron chi connectivity index (χ0n) is 38.9. The second kappa shape index (κ2) is 46.6. The Morgan fingerprint density at radius 2 is 0.898 bits per heavy atom. The maximum atomic E-state index is 13.2. The first-order chi connectivity index (χ1) is 29.0. The summed E-state index contributed by atoms with van der Waals surface area (Å²) in [5, 5.41) is 23.7. The lowest BCUT2D eigenvalue weighted by Gasteiger charge is -2.24. The van der Waals surface area contributed by atoms with Gasteiger partial charge in [-0.25, -0.2) is 0 Å². The molecule has 0 aromatic carbocycles. The fourth-order valence-electron chi connectivity index (χ4n) is 7.23. The summed E-state index contributed by atoms with van der Waals surface area (Å²) in [4.78, 5) is 26.0. The van der Waals surface area contributed by atoms with E-state index < -0.39 is 18.2 Å². The van der Waals surface area contributed by atoms with Crippen LogP contribution in [0.4, 0.5) is 0 Å². The first-order valence-corrected chi connectivity index (χ1v) is 25.0. The largest absolute Gasteiger partial charge is 0.461 e. The van der Waals surface area contributed by atoms with Crippen LogP contribution in [0.15, 0.2) is 60.8 Å². The maximum absolute atomic E-state index is 13.2. The quantitative estimate of drug-likeness (QED) is 0.0323. The number of carbonyl (C=O) groups excluding carboxylic acids is 2. The van der Waals surface area contributed by atoms with Gasteiger partial charge in [0.1, 0.15) is 6.10 Å². The van der Waals surface area contributed by atoms with E-state index in [2.05, 4.69) is 74.7 Å². The molecule has 6 nitrogen and oxygen atoms in total. The number of nitrogens with one attached hydrogen (secondary N) is 1. The first kappa shape index (κ1) is 56.6. The van der Waals surface area contributed by atoms with Gasteiger partial charge >= 0.3 is 5.97 Å². The summed E-state index contributed by atoms with van der Waals surface area (Å²) in [6, 6.07) is -0.733. The Hall–Kier alpha value is -2.44. The number of amides is 1. The van der Waals surface area contributed by atoms with E-state index in [1.807, 2.05) is 12.2 Å². The van der Waals surface area contributed by atoms with Crippen LogP contribution < -0.4 is 5.32 Å². The van der Waals surface area contributed by atoms with E-state index >= 15 is 0 Å². The predicted molar refractivity (Wildman–Crippen MR) is 255 cm³/mol. The molecule has 0 aliphatic rings. The molecule has 0 rings (SSSR count). The predicted octanol–water partition coefficient (Wildman–Crippen LogP) is 14.8. The number of aliphatic hydroxyl groups is 2. The molecule has 0 aliphatic heterocycles. The Labute approximate surface area is 365 Å². The van der Waals surface area contributed by atoms with Crippen molar-refractivity contribution in [3.05, 3.63) is 60.8 Å². The molecule has 0 bridgehead atoms. The maximum Gasteiger partial charge on any atom is 0.306 e. The number of unbranched alkanes of at least 4 members (excludes halogenated alkanes) is 23. The van der Waals surface area contributed by atoms with Crippen LogP contribution in [0.2, 0.25) is 0 Å². The fraction of sp³-hybridized carbons (Fsp3) is 0.774. The van der Waals surface area contributed by atoms with Crippen LogP contribution in [0.5, 0.6) is 0 Å². The number of rotatable bonds is 44. The standard InChI is InChI=1S/C53H95NO5/c1-4-7-10-13-16-19-22-25-26-28-29-32-35-38-41-44-49(59-53(58)46-43-40-37-34-31-27-23-20-17-14-11-8-5-2)47-52(57)54-50(48-55)51(56)45-42-39-36-33-30-24-21-18-15-12-9-6-3/h16,19,25-27,29,31-32,38,41,49-51,55-56H,4-15,17-18,20-24,28,30,33-37,39-40,42-48H2,1-3H3,(H,54,57)/b19-16-,26-25-,31-27-,32-29-,41-38-. The monoisotopic (exact) mass is 826 g/mol. The third kappa shape index (κ3) is 42.1. The van der Waals surface area contributed by atoms with Crippen molar-refractivity contribution in [2.45, 2.75) is 257 Å². The highest BCUT2D eigenvalue weighted by Crippen LogP contribution is 2.16. The van der Waals surface area contributed by atoms with Crippen LogP contribution in [-0.2, 0) is 14.3 Å². The molecule has 342 valence electrons. The number of ether oxygens (including phenoxy) is 1. The summed E-state index contributed by atoms with van der Waals surface area (Å²) >= 11 is 0. The minimum absolute atomic E-state index is 0.00497. The number of carbonyl (C=O) groups is 2. The average Bonchev–Trinajstić information content (AvgIpc) is 3.23. The van der Waals surface area contributed by atoms with E-state index in [1.165, 1.54) is 122 Å². The lowest BCUT2D eigenvalue weighted by Crippen LogP contribution is -2.46. The Kier molecular flexibility index (Phi) is 44.7. The number of hydrogen-bond acceptors (Lipinski definition) is 5. The highest BCUT2D eigenvalue weighted by atomic mass is 16.5. The second-order valence-electron chi connectivity index (χ2n) is 16.9. The van der Waals surface area contributed by atoms with Crippen LogP contribution in [-0.4, -0.2) is 46.9 Å². The average molecular weight is 826 g/mol. The molecule has 0 heterocycles. The van der Waals surface area contributed by atoms with Crippen LogP contribution in [0, 0.1) is 0 Å². The van der Waals surface area contributed by atoms with Gasteiger partial charge in [0, 0.05) is 12.8 Å². The molecule has 0 saturated carbocycles. The summed E-state index contributed by atoms with van der Waals surface area (Å²) in [6.07, 6.45) is 57.2. The second-order valence-corrected chi connectivity index (χ2v) is 16.9. The van der Waals surface area contributed by atoms with Crippen molar-refractivity contribution in [2.24, 2.45) is 0 Å². The van der Waals surface area contributed by atoms with Crippen LogP contribution in [0.25, 0.3) is 0 Å². The van der Waals surface area contributed by atoms with Crippen LogP contribution in [0.3, 0.4) is 0 Å². The Balaban J connectivity index is 4.76. The molecule has 1 amide bonds. The van der Waals surface area contributed by atoms with Crippen molar-refractivity contribution >= 4 is 11.9 Å². The summed E-state index contributed by atoms with van der Waals surface area (Å²) in [6.45, 7) is 6.41. The Morgan fingerprint density at radius 1 is 0.508 bits per heavy atom. The SMILES string of the molecule is CCCCC/C=C\C/C=C\C/C=C\C/C=C\CC(CC(=O)NC(CO)C(O)CCCCCCCCCCCCCC)OC(=O)CCCCC/C=C\CCCCCCCC. The van der Waals surface area contributed by atoms with Gasteiger partial charge in [0.15, 0.2) is 0 Å². The van der Waals surface area contributed by atoms with Gasteiger partial charge in [0.25, 0.3) is 0 Å². The third-order valence-corrected chi connectivity index (χ3v) is 11.1. The Morgan fingerprint density at radius 3 is 1.41 bits per heavy atom. The number of esters is 1. The van der Waals surface area contributed by atoms with Crippen molar-refractivity contribution in [1.29, 1.82) is 0 Å². The van der Waals surface area contributed by atoms with Gasteiger partial charge in [-0.05, 0) is 70.6 Å². The molecule has 0 radical (unpaired) electrons. The molecular formula is C53H95NO5. The van der Waals surface area contributed by atoms with Gasteiger partial charge in [-0.3, -0.25) is 9.59 Å². The molecule has 0 spiro atoms. The lowest BCUT2D eigenvalue weighted by atomic mass is 10.0. The zero-order valence-corrected chi connectivity index (χ0v) is 38.9. The van der Waals surface area contributed by atoms with Crippen molar-refractivity contribution in [3.63, 3.8) is 0 Å². The topological polar surface area (TPSA) is 95.9 Å². The number of hydrogen-bond donors (Lipinski definition) is 3. The van der Waals surface area contributed by atoms with E-state index in [9.17, 15) is 19.8 Å². The van der Waals surface area contributed by atoms with E-state index in [4.69, 9.17) is 4.74 Å². The molecule has 6 heteroatoms. The molecule has 3 N–H and O–H groups in total. The normalized spacial score (nSPS) is 13.8. The third-order valence-electron chi connectivity index (χ3n) is 11.1. The molecule has 0 fully saturated rings. The number of allylic oxidation sites excluding steroid dienone is 9. The summed E-state index contributed by atoms with van der Waals surface area (Å²) in [5.41, 5.74) is 0. The van der Waals surface area contributed by atoms with E-state index in [-0.39, 0.29) is 24.9 Å². The minimum Gasteiger partial charge on any atom is -0.461 e. The molecule has 0 saturated heterocycles. The smallest absolute Gasteiger partial charge is 0.306 e. The molecular weight excluding hydrogens is 731 g/mol. The lowest BCUT2D eigenvalue weighted by molar-refractivity contribution is -0.150. The van der Waals surface area contributed by atoms with E-state index in [1.54, 1.807) is 0 Å². The molecule has 0 aromatic rings. The van der Waals surface area contributed by atoms with Gasteiger partial charge in [0.2, 0.25) is 5.91 Å². The van der Waals surface area contributed by atoms with Gasteiger partial charge < -0.3 is 20.3 Å². The summed E-state index contributed by atoms with van der Waals surface area (Å²) in [7, 11) is 0. The van der Waals surface area contributed by atoms with Gasteiger partial charge in [0.05, 0.1) is 25.2 Å². The van der Waals surface area contributed by atoms with E-state index in [0.29, 0.717) is 19.3 Å². The van der Waals surface area contributed by atoms with Gasteiger partial charge in [-0.1, -0.05) is 210 Å². The molecule has 3 atom stereocenters. The fourth-order valence-corrected chi connectivity index (χ4v) is 7.23. The minimum atomic E-state index is -0.813. The highest BCUT2D eigenvalue weighted by Gasteiger charge is 2.23. The molecule has 0 aliphatic carbocycles. The molecule has 59 heavy (non-hydrogen) atoms. The van der Waals surface area contributed by atoms with Crippen LogP contribution in [0.1, 0.15) is 239 Å². The summed E-state index contributed by atoms with van der Waals surface area (Å²) < 4.78 is 5.85. The van der Waals surface area contributed by atoms with Crippen molar-refractivity contribution in [3.8, 4) is 0 Å². The zero-order chi connectivity index (χ0) is 43.1. The van der Waals surface area contributed by atoms with Crippen molar-refractivity contribution in [2.75, 3.05) is 6.61 Å². The summed E-state index contributed by atoms with van der Waals surface area (Å²) in [5.74, 6) is -0.595. The van der Waals surface area contributed by atoms with E-state index in [0.717, 1.165) is 70.6 Å². The van der Waals surface area contributed by atoms with Crippen LogP contribution >= 0.6 is 0 Å². The number of aliphatic hydroxyl groups excluding tert-OH is 2. The van der Waals surface area contributed by atoms with Gasteiger partial charge in [-0.2, -0.15) is 0 Å². The highest BCUT2D eigenvalue weighted by molar-refractivity contribution is 5.77. The van der Waals surface area contributed by atoms with Gasteiger partial charge in [-0.15, -0.1) is 0 Å². The molecule has 0 aromatic heterocycles. The van der Waals surface area contributed by atoms with Crippen molar-refractivity contribution < 1.29 is 24.5 Å². The Bertz CT molecular complexity index is 1060. The van der Waals surface area contributed by atoms with Crippen molar-refractivity contribution in [1.82, 2.24) is 5.32 Å². The first-order valence-electron chi connectivity index (χ1n) is 25.0. The molecule has 3 unspecified atom stereocenters.